The van der Waals surface area contributed by atoms with Crippen molar-refractivity contribution in [3.63, 3.8) is 0 Å². The first-order valence-electron chi connectivity index (χ1n) is 6.79. The zero-order chi connectivity index (χ0) is 17.1. The van der Waals surface area contributed by atoms with Gasteiger partial charge in [-0.3, -0.25) is 0 Å². The lowest BCUT2D eigenvalue weighted by Gasteiger charge is -2.06. The maximum atomic E-state index is 13.5. The number of benzene rings is 2. The maximum Gasteiger partial charge on any atom is 0.336 e. The average molecular weight is 366 g/mol. The molecule has 0 atom stereocenters. The summed E-state index contributed by atoms with van der Waals surface area (Å²) in [5, 5.41) is 17.5. The topological polar surface area (TPSA) is 68.1 Å². The minimum absolute atomic E-state index is 0.00936. The van der Waals surface area contributed by atoms with Crippen molar-refractivity contribution in [1.29, 1.82) is 0 Å². The fourth-order valence-electron chi connectivity index (χ4n) is 1.93. The van der Waals surface area contributed by atoms with Crippen LogP contribution >= 0.6 is 23.2 Å². The highest BCUT2D eigenvalue weighted by atomic mass is 35.5. The Morgan fingerprint density at radius 2 is 1.79 bits per heavy atom. The van der Waals surface area contributed by atoms with Crippen molar-refractivity contribution in [1.82, 2.24) is 15.2 Å². The van der Waals surface area contributed by atoms with Gasteiger partial charge in [-0.05, 0) is 18.2 Å². The van der Waals surface area contributed by atoms with Crippen molar-refractivity contribution in [3.8, 4) is 23.0 Å². The molecule has 0 aliphatic carbocycles. The third kappa shape index (κ3) is 3.55. The zero-order valence-electron chi connectivity index (χ0n) is 12.1. The van der Waals surface area contributed by atoms with Crippen LogP contribution in [0.4, 0.5) is 4.39 Å². The molecule has 1 N–H and O–H groups in total. The summed E-state index contributed by atoms with van der Waals surface area (Å²) in [5.74, 6) is -0.566. The highest BCUT2D eigenvalue weighted by Gasteiger charge is 2.11. The molecular formula is C16H10Cl2FN3O2. The molecule has 0 fully saturated rings. The Bertz CT molecular complexity index is 852. The van der Waals surface area contributed by atoms with Crippen LogP contribution in [0.5, 0.6) is 11.8 Å². The Morgan fingerprint density at radius 3 is 2.42 bits per heavy atom. The van der Waals surface area contributed by atoms with Gasteiger partial charge < -0.3 is 9.84 Å². The molecule has 1 heterocycles. The largest absolute Gasteiger partial charge is 0.505 e. The molecule has 0 amide bonds. The number of hydrogen-bond donors (Lipinski definition) is 1. The van der Waals surface area contributed by atoms with Crippen LogP contribution in [0.2, 0.25) is 10.0 Å². The maximum absolute atomic E-state index is 13.5. The smallest absolute Gasteiger partial charge is 0.336 e. The molecule has 0 aliphatic rings. The number of halogens is 3. The van der Waals surface area contributed by atoms with Gasteiger partial charge in [-0.15, -0.1) is 5.10 Å². The van der Waals surface area contributed by atoms with Crippen molar-refractivity contribution in [2.75, 3.05) is 0 Å². The van der Waals surface area contributed by atoms with Crippen molar-refractivity contribution in [2.24, 2.45) is 0 Å². The molecule has 0 radical (unpaired) electrons. The summed E-state index contributed by atoms with van der Waals surface area (Å²) in [6, 6.07) is 9.26. The summed E-state index contributed by atoms with van der Waals surface area (Å²) in [6.45, 7) is -0.00936. The van der Waals surface area contributed by atoms with Gasteiger partial charge in [0.25, 0.3) is 0 Å². The van der Waals surface area contributed by atoms with E-state index in [0.717, 1.165) is 0 Å². The van der Waals surface area contributed by atoms with Gasteiger partial charge in [0.1, 0.15) is 18.1 Å². The average Bonchev–Trinajstić information content (AvgIpc) is 2.59. The van der Waals surface area contributed by atoms with E-state index in [2.05, 4.69) is 15.2 Å². The van der Waals surface area contributed by atoms with E-state index in [9.17, 15) is 9.50 Å². The number of rotatable bonds is 4. The van der Waals surface area contributed by atoms with Crippen molar-refractivity contribution in [2.45, 2.75) is 6.61 Å². The van der Waals surface area contributed by atoms with E-state index in [0.29, 0.717) is 16.8 Å². The van der Waals surface area contributed by atoms with Crippen LogP contribution in [0.25, 0.3) is 11.3 Å². The Hall–Kier alpha value is -2.44. The number of ether oxygens (including phenoxy) is 1. The van der Waals surface area contributed by atoms with Crippen LogP contribution in [-0.4, -0.2) is 20.3 Å². The molecular weight excluding hydrogens is 356 g/mol. The van der Waals surface area contributed by atoms with Gasteiger partial charge in [-0.2, -0.15) is 0 Å². The molecule has 3 aromatic rings. The van der Waals surface area contributed by atoms with Crippen molar-refractivity contribution < 1.29 is 14.2 Å². The summed E-state index contributed by atoms with van der Waals surface area (Å²) in [5.41, 5.74) is 1.34. The highest BCUT2D eigenvalue weighted by molar-refractivity contribution is 6.37. The van der Waals surface area contributed by atoms with Gasteiger partial charge in [0.05, 0.1) is 16.2 Å². The van der Waals surface area contributed by atoms with E-state index in [1.54, 1.807) is 18.2 Å². The van der Waals surface area contributed by atoms with Crippen LogP contribution in [0.1, 0.15) is 5.56 Å². The van der Waals surface area contributed by atoms with Crippen LogP contribution in [0, 0.1) is 5.82 Å². The molecule has 122 valence electrons. The third-order valence-electron chi connectivity index (χ3n) is 3.17. The Morgan fingerprint density at radius 1 is 1.08 bits per heavy atom. The molecule has 2 aromatic carbocycles. The molecule has 0 aliphatic heterocycles. The number of hydrogen-bond acceptors (Lipinski definition) is 5. The molecule has 24 heavy (non-hydrogen) atoms. The van der Waals surface area contributed by atoms with E-state index >= 15 is 0 Å². The van der Waals surface area contributed by atoms with Gasteiger partial charge in [0.15, 0.2) is 5.75 Å². The third-order valence-corrected chi connectivity index (χ3v) is 3.74. The first kappa shape index (κ1) is 16.4. The van der Waals surface area contributed by atoms with E-state index < -0.39 is 0 Å². The van der Waals surface area contributed by atoms with Gasteiger partial charge in [-0.25, -0.2) is 9.37 Å². The van der Waals surface area contributed by atoms with Crippen LogP contribution in [0.15, 0.2) is 42.6 Å². The fourth-order valence-corrected chi connectivity index (χ4v) is 2.42. The fraction of sp³-hybridized carbons (Fsp3) is 0.0625. The lowest BCUT2D eigenvalue weighted by Crippen LogP contribution is -2.02. The summed E-state index contributed by atoms with van der Waals surface area (Å²) >= 11 is 11.7. The second-order valence-corrected chi connectivity index (χ2v) is 5.61. The molecule has 0 spiro atoms. The Labute approximate surface area is 146 Å². The molecule has 0 bridgehead atoms. The first-order valence-corrected chi connectivity index (χ1v) is 7.54. The predicted octanol–water partition coefficient (Wildman–Crippen LogP) is 4.27. The number of nitrogens with zero attached hydrogens (tertiary/aromatic N) is 3. The van der Waals surface area contributed by atoms with Crippen molar-refractivity contribution in [3.05, 3.63) is 64.0 Å². The number of phenolic OH excluding ortho intramolecular Hbond substituents is 1. The Kier molecular flexibility index (Phi) is 4.78. The lowest BCUT2D eigenvalue weighted by molar-refractivity contribution is 0.271. The summed E-state index contributed by atoms with van der Waals surface area (Å²) in [6.07, 6.45) is 1.42. The molecule has 8 heteroatoms. The number of phenols is 1. The minimum Gasteiger partial charge on any atom is -0.505 e. The molecule has 0 unspecified atom stereocenters. The summed E-state index contributed by atoms with van der Waals surface area (Å²) < 4.78 is 18.8. The van der Waals surface area contributed by atoms with Crippen molar-refractivity contribution >= 4 is 23.2 Å². The van der Waals surface area contributed by atoms with E-state index in [-0.39, 0.29) is 34.2 Å². The predicted molar refractivity (Wildman–Crippen MR) is 87.7 cm³/mol. The number of aromatic nitrogens is 3. The highest BCUT2D eigenvalue weighted by Crippen LogP contribution is 2.35. The van der Waals surface area contributed by atoms with Crippen LogP contribution in [0.3, 0.4) is 0 Å². The second kappa shape index (κ2) is 6.98. The van der Waals surface area contributed by atoms with Crippen LogP contribution in [-0.2, 0) is 6.61 Å². The summed E-state index contributed by atoms with van der Waals surface area (Å²) in [4.78, 5) is 4.01. The Balaban J connectivity index is 1.75. The van der Waals surface area contributed by atoms with E-state index in [4.69, 9.17) is 27.9 Å². The number of aromatic hydroxyl groups is 1. The second-order valence-electron chi connectivity index (χ2n) is 4.79. The van der Waals surface area contributed by atoms with Gasteiger partial charge in [0.2, 0.25) is 0 Å². The normalized spacial score (nSPS) is 10.6. The first-order chi connectivity index (χ1) is 11.5. The van der Waals surface area contributed by atoms with Gasteiger partial charge in [-0.1, -0.05) is 46.5 Å². The monoisotopic (exact) mass is 365 g/mol. The quantitative estimate of drug-likeness (QED) is 0.747. The zero-order valence-corrected chi connectivity index (χ0v) is 13.6. The SMILES string of the molecule is Oc1c(Cl)cc(-c2cnc(OCc3ccccc3F)nn2)cc1Cl. The molecule has 3 rings (SSSR count). The molecule has 1 aromatic heterocycles. The molecule has 5 nitrogen and oxygen atoms in total. The molecule has 0 saturated heterocycles. The lowest BCUT2D eigenvalue weighted by atomic mass is 10.1. The van der Waals surface area contributed by atoms with Gasteiger partial charge in [0, 0.05) is 11.1 Å². The van der Waals surface area contributed by atoms with Crippen LogP contribution < -0.4 is 4.74 Å². The molecule has 0 saturated carbocycles. The standard InChI is InChI=1S/C16H10Cl2FN3O2/c17-11-5-10(6-12(18)15(11)23)14-7-20-16(22-21-14)24-8-9-3-1-2-4-13(9)19/h1-7,23H,8H2. The van der Waals surface area contributed by atoms with Gasteiger partial charge >= 0.3 is 6.01 Å². The van der Waals surface area contributed by atoms with E-state index in [1.807, 2.05) is 0 Å². The van der Waals surface area contributed by atoms with E-state index in [1.165, 1.54) is 24.4 Å². The summed E-state index contributed by atoms with van der Waals surface area (Å²) in [7, 11) is 0. The minimum atomic E-state index is -0.365.